The molecule has 18 heavy (non-hydrogen) atoms. The Bertz CT molecular complexity index is 587. The molecule has 2 aromatic rings. The second-order valence-electron chi connectivity index (χ2n) is 4.25. The molecule has 0 heterocycles. The molecule has 0 aliphatic rings. The summed E-state index contributed by atoms with van der Waals surface area (Å²) in [7, 11) is 0. The number of hydrogen-bond donors (Lipinski definition) is 1. The van der Waals surface area contributed by atoms with Gasteiger partial charge in [-0.2, -0.15) is 5.26 Å². The first kappa shape index (κ1) is 12.9. The summed E-state index contributed by atoms with van der Waals surface area (Å²) >= 11 is 3.56. The van der Waals surface area contributed by atoms with Crippen LogP contribution in [0.3, 0.4) is 0 Å². The van der Waals surface area contributed by atoms with Crippen molar-refractivity contribution in [1.82, 2.24) is 0 Å². The lowest BCUT2D eigenvalue weighted by Crippen LogP contribution is -2.17. The van der Waals surface area contributed by atoms with Gasteiger partial charge in [0.1, 0.15) is 0 Å². The number of anilines is 1. The van der Waals surface area contributed by atoms with Gasteiger partial charge in [0.2, 0.25) is 0 Å². The Morgan fingerprint density at radius 3 is 2.61 bits per heavy atom. The molecule has 2 aromatic carbocycles. The fourth-order valence-corrected chi connectivity index (χ4v) is 2.49. The molecular weight excluding hydrogens is 288 g/mol. The smallest absolute Gasteiger partial charge is 0.0643 e. The van der Waals surface area contributed by atoms with E-state index in [1.54, 1.807) is 0 Å². The van der Waals surface area contributed by atoms with Gasteiger partial charge in [0, 0.05) is 21.6 Å². The van der Waals surface area contributed by atoms with Crippen molar-refractivity contribution in [1.29, 1.82) is 5.26 Å². The van der Waals surface area contributed by atoms with Gasteiger partial charge in [-0.3, -0.25) is 0 Å². The molecule has 1 atom stereocenters. The largest absolute Gasteiger partial charge is 0.381 e. The quantitative estimate of drug-likeness (QED) is 0.888. The van der Waals surface area contributed by atoms with Gasteiger partial charge in [-0.05, 0) is 23.9 Å². The van der Waals surface area contributed by atoms with Crippen LogP contribution in [-0.2, 0) is 0 Å². The molecule has 0 amide bonds. The average Bonchev–Trinajstić information content (AvgIpc) is 2.41. The van der Waals surface area contributed by atoms with Crippen LogP contribution in [0.1, 0.15) is 19.8 Å². The molecule has 1 N–H and O–H groups in total. The van der Waals surface area contributed by atoms with Crippen molar-refractivity contribution in [3.05, 3.63) is 40.9 Å². The van der Waals surface area contributed by atoms with E-state index in [2.05, 4.69) is 52.4 Å². The third-order valence-electron chi connectivity index (χ3n) is 3.06. The normalized spacial score (nSPS) is 12.1. The minimum absolute atomic E-state index is 0.208. The SMILES string of the molecule is CCC(CC#N)Nc1ccc(Br)c2ccccc12. The summed E-state index contributed by atoms with van der Waals surface area (Å²) in [6.45, 7) is 2.09. The second kappa shape index (κ2) is 5.88. The number of hydrogen-bond acceptors (Lipinski definition) is 2. The average molecular weight is 303 g/mol. The number of halogens is 1. The molecule has 0 aliphatic heterocycles. The third kappa shape index (κ3) is 2.65. The second-order valence-corrected chi connectivity index (χ2v) is 5.11. The standard InChI is InChI=1S/C15H15BrN2/c1-2-11(9-10-17)18-15-8-7-14(16)12-5-3-4-6-13(12)15/h3-8,11,18H,2,9H2,1H3. The zero-order valence-electron chi connectivity index (χ0n) is 10.3. The topological polar surface area (TPSA) is 35.8 Å². The van der Waals surface area contributed by atoms with Gasteiger partial charge < -0.3 is 5.32 Å². The molecule has 92 valence electrons. The summed E-state index contributed by atoms with van der Waals surface area (Å²) in [5.41, 5.74) is 1.09. The highest BCUT2D eigenvalue weighted by Crippen LogP contribution is 2.30. The fourth-order valence-electron chi connectivity index (χ4n) is 2.02. The van der Waals surface area contributed by atoms with Crippen molar-refractivity contribution in [2.24, 2.45) is 0 Å². The summed E-state index contributed by atoms with van der Waals surface area (Å²) in [5, 5.41) is 14.6. The summed E-state index contributed by atoms with van der Waals surface area (Å²) in [5.74, 6) is 0. The van der Waals surface area contributed by atoms with Crippen molar-refractivity contribution in [3.63, 3.8) is 0 Å². The Hall–Kier alpha value is -1.53. The number of nitrogens with one attached hydrogen (secondary N) is 1. The summed E-state index contributed by atoms with van der Waals surface area (Å²) in [6, 6.07) is 14.8. The van der Waals surface area contributed by atoms with E-state index in [1.165, 1.54) is 10.8 Å². The number of nitrogens with zero attached hydrogens (tertiary/aromatic N) is 1. The van der Waals surface area contributed by atoms with Crippen LogP contribution in [0.5, 0.6) is 0 Å². The highest BCUT2D eigenvalue weighted by molar-refractivity contribution is 9.10. The third-order valence-corrected chi connectivity index (χ3v) is 3.75. The van der Waals surface area contributed by atoms with E-state index < -0.39 is 0 Å². The highest BCUT2D eigenvalue weighted by Gasteiger charge is 2.08. The lowest BCUT2D eigenvalue weighted by atomic mass is 10.1. The van der Waals surface area contributed by atoms with E-state index in [9.17, 15) is 0 Å². The number of fused-ring (bicyclic) bond motifs is 1. The molecule has 0 radical (unpaired) electrons. The minimum Gasteiger partial charge on any atom is -0.381 e. The van der Waals surface area contributed by atoms with Crippen LogP contribution in [0.2, 0.25) is 0 Å². The first-order chi connectivity index (χ1) is 8.76. The Balaban J connectivity index is 2.40. The van der Waals surface area contributed by atoms with Crippen LogP contribution >= 0.6 is 15.9 Å². The minimum atomic E-state index is 0.208. The molecule has 2 nitrogen and oxygen atoms in total. The predicted molar refractivity (Wildman–Crippen MR) is 79.6 cm³/mol. The monoisotopic (exact) mass is 302 g/mol. The van der Waals surface area contributed by atoms with E-state index in [4.69, 9.17) is 5.26 Å². The molecule has 0 bridgehead atoms. The van der Waals surface area contributed by atoms with Crippen molar-refractivity contribution in [2.75, 3.05) is 5.32 Å². The van der Waals surface area contributed by atoms with E-state index in [-0.39, 0.29) is 6.04 Å². The number of nitriles is 1. The van der Waals surface area contributed by atoms with Gasteiger partial charge in [0.05, 0.1) is 12.5 Å². The van der Waals surface area contributed by atoms with Crippen LogP contribution in [0.15, 0.2) is 40.9 Å². The Morgan fingerprint density at radius 1 is 1.22 bits per heavy atom. The summed E-state index contributed by atoms with van der Waals surface area (Å²) < 4.78 is 1.09. The maximum absolute atomic E-state index is 8.81. The fraction of sp³-hybridized carbons (Fsp3) is 0.267. The molecule has 1 unspecified atom stereocenters. The lowest BCUT2D eigenvalue weighted by Gasteiger charge is -2.17. The van der Waals surface area contributed by atoms with E-state index in [0.717, 1.165) is 16.6 Å². The first-order valence-electron chi connectivity index (χ1n) is 6.07. The van der Waals surface area contributed by atoms with Crippen LogP contribution in [0.25, 0.3) is 10.8 Å². The van der Waals surface area contributed by atoms with Gasteiger partial charge in [-0.25, -0.2) is 0 Å². The van der Waals surface area contributed by atoms with Crippen molar-refractivity contribution in [3.8, 4) is 6.07 Å². The van der Waals surface area contributed by atoms with Gasteiger partial charge >= 0.3 is 0 Å². The maximum Gasteiger partial charge on any atom is 0.0643 e. The summed E-state index contributed by atoms with van der Waals surface area (Å²) in [4.78, 5) is 0. The predicted octanol–water partition coefficient (Wildman–Crippen LogP) is 4.71. The zero-order valence-corrected chi connectivity index (χ0v) is 11.9. The molecule has 0 aromatic heterocycles. The molecule has 2 rings (SSSR count). The van der Waals surface area contributed by atoms with Crippen molar-refractivity contribution < 1.29 is 0 Å². The molecule has 0 aliphatic carbocycles. The molecular formula is C15H15BrN2. The van der Waals surface area contributed by atoms with Gasteiger partial charge in [-0.15, -0.1) is 0 Å². The molecule has 0 fully saturated rings. The van der Waals surface area contributed by atoms with Gasteiger partial charge in [-0.1, -0.05) is 47.1 Å². The lowest BCUT2D eigenvalue weighted by molar-refractivity contribution is 0.712. The molecule has 0 saturated carbocycles. The molecule has 0 saturated heterocycles. The zero-order chi connectivity index (χ0) is 13.0. The van der Waals surface area contributed by atoms with E-state index >= 15 is 0 Å². The Labute approximate surface area is 116 Å². The van der Waals surface area contributed by atoms with Crippen LogP contribution in [0, 0.1) is 11.3 Å². The van der Waals surface area contributed by atoms with Crippen LogP contribution in [-0.4, -0.2) is 6.04 Å². The van der Waals surface area contributed by atoms with Crippen molar-refractivity contribution in [2.45, 2.75) is 25.8 Å². The van der Waals surface area contributed by atoms with Crippen LogP contribution in [0.4, 0.5) is 5.69 Å². The number of rotatable bonds is 4. The van der Waals surface area contributed by atoms with E-state index in [1.807, 2.05) is 18.2 Å². The molecule has 0 spiro atoms. The van der Waals surface area contributed by atoms with Gasteiger partial charge in [0.25, 0.3) is 0 Å². The Kier molecular flexibility index (Phi) is 4.22. The van der Waals surface area contributed by atoms with Gasteiger partial charge in [0.15, 0.2) is 0 Å². The number of benzene rings is 2. The van der Waals surface area contributed by atoms with Crippen LogP contribution < -0.4 is 5.32 Å². The maximum atomic E-state index is 8.81. The van der Waals surface area contributed by atoms with Crippen molar-refractivity contribution >= 4 is 32.4 Å². The summed E-state index contributed by atoms with van der Waals surface area (Å²) in [6.07, 6.45) is 1.47. The first-order valence-corrected chi connectivity index (χ1v) is 6.86. The molecule has 3 heteroatoms. The highest BCUT2D eigenvalue weighted by atomic mass is 79.9. The van der Waals surface area contributed by atoms with E-state index in [0.29, 0.717) is 6.42 Å². The Morgan fingerprint density at radius 2 is 1.94 bits per heavy atom.